The van der Waals surface area contributed by atoms with Gasteiger partial charge in [0.1, 0.15) is 6.61 Å². The van der Waals surface area contributed by atoms with Gasteiger partial charge in [0.25, 0.3) is 0 Å². The Balaban J connectivity index is 2.70. The summed E-state index contributed by atoms with van der Waals surface area (Å²) in [5.41, 5.74) is 0. The quantitative estimate of drug-likeness (QED) is 0.567. The lowest BCUT2D eigenvalue weighted by Gasteiger charge is -2.41. The van der Waals surface area contributed by atoms with Crippen LogP contribution in [0.25, 0.3) is 0 Å². The molecule has 0 N–H and O–H groups in total. The molecule has 2 atom stereocenters. The van der Waals surface area contributed by atoms with Crippen molar-refractivity contribution in [2.24, 2.45) is 5.92 Å². The summed E-state index contributed by atoms with van der Waals surface area (Å²) >= 11 is 0. The largest absolute Gasteiger partial charge is 0.463 e. The van der Waals surface area contributed by atoms with Crippen LogP contribution in [0.1, 0.15) is 47.0 Å². The molecule has 0 aromatic carbocycles. The van der Waals surface area contributed by atoms with Crippen molar-refractivity contribution < 1.29 is 14.0 Å². The third-order valence-electron chi connectivity index (χ3n) is 4.34. The lowest BCUT2D eigenvalue weighted by molar-refractivity contribution is -0.148. The second-order valence-corrected chi connectivity index (χ2v) is 11.7. The third kappa shape index (κ3) is 4.09. The van der Waals surface area contributed by atoms with Crippen LogP contribution in [0.4, 0.5) is 0 Å². The molecule has 1 aliphatic heterocycles. The zero-order chi connectivity index (χ0) is 14.0. The zero-order valence-electron chi connectivity index (χ0n) is 12.7. The summed E-state index contributed by atoms with van der Waals surface area (Å²) in [7, 11) is -1.79. The predicted molar refractivity (Wildman–Crippen MR) is 76.0 cm³/mol. The van der Waals surface area contributed by atoms with E-state index in [-0.39, 0.29) is 17.1 Å². The molecule has 0 bridgehead atoms. The first-order chi connectivity index (χ1) is 8.13. The van der Waals surface area contributed by atoms with Crippen molar-refractivity contribution in [1.82, 2.24) is 0 Å². The van der Waals surface area contributed by atoms with Gasteiger partial charge in [-0.25, -0.2) is 0 Å². The average Bonchev–Trinajstić information content (AvgIpc) is 2.20. The second kappa shape index (κ2) is 5.74. The molecule has 0 saturated carbocycles. The molecule has 1 saturated heterocycles. The number of ether oxygens (including phenoxy) is 1. The minimum atomic E-state index is -1.79. The van der Waals surface area contributed by atoms with Crippen molar-refractivity contribution in [3.63, 3.8) is 0 Å². The van der Waals surface area contributed by atoms with Crippen molar-refractivity contribution in [3.05, 3.63) is 0 Å². The van der Waals surface area contributed by atoms with Crippen LogP contribution in [0.5, 0.6) is 0 Å². The first kappa shape index (κ1) is 15.7. The average molecular weight is 272 g/mol. The molecular formula is C14H28O3Si. The van der Waals surface area contributed by atoms with Gasteiger partial charge in [0.15, 0.2) is 8.32 Å². The van der Waals surface area contributed by atoms with E-state index in [0.717, 1.165) is 12.8 Å². The summed E-state index contributed by atoms with van der Waals surface area (Å²) in [5, 5.41) is 0.194. The van der Waals surface area contributed by atoms with E-state index in [1.165, 1.54) is 0 Å². The van der Waals surface area contributed by atoms with Crippen molar-refractivity contribution in [1.29, 1.82) is 0 Å². The van der Waals surface area contributed by atoms with E-state index in [2.05, 4.69) is 40.8 Å². The fourth-order valence-electron chi connectivity index (χ4n) is 1.87. The summed E-state index contributed by atoms with van der Waals surface area (Å²) < 4.78 is 11.7. The van der Waals surface area contributed by atoms with Gasteiger partial charge in [-0.05, 0) is 36.9 Å². The number of cyclic esters (lactones) is 1. The third-order valence-corrected chi connectivity index (χ3v) is 8.84. The SMILES string of the molecule is C[C@@H]1CCCC(=O)OC[C@H]1O[Si](C)(C)C(C)(C)C. The van der Waals surface area contributed by atoms with E-state index < -0.39 is 8.32 Å². The monoisotopic (exact) mass is 272 g/mol. The zero-order valence-corrected chi connectivity index (χ0v) is 13.7. The summed E-state index contributed by atoms with van der Waals surface area (Å²) in [6, 6.07) is 0. The lowest BCUT2D eigenvalue weighted by Crippen LogP contribution is -2.47. The molecule has 1 heterocycles. The lowest BCUT2D eigenvalue weighted by atomic mass is 9.97. The highest BCUT2D eigenvalue weighted by Gasteiger charge is 2.40. The minimum Gasteiger partial charge on any atom is -0.463 e. The molecule has 4 heteroatoms. The first-order valence-corrected chi connectivity index (χ1v) is 9.88. The van der Waals surface area contributed by atoms with Gasteiger partial charge in [-0.2, -0.15) is 0 Å². The number of carbonyl (C=O) groups is 1. The van der Waals surface area contributed by atoms with Crippen molar-refractivity contribution in [2.45, 2.75) is 71.2 Å². The Kier molecular flexibility index (Phi) is 5.01. The molecule has 0 unspecified atom stereocenters. The van der Waals surface area contributed by atoms with Crippen LogP contribution in [-0.2, 0) is 14.0 Å². The number of hydrogen-bond acceptors (Lipinski definition) is 3. The topological polar surface area (TPSA) is 35.5 Å². The van der Waals surface area contributed by atoms with Gasteiger partial charge >= 0.3 is 5.97 Å². The van der Waals surface area contributed by atoms with Crippen LogP contribution in [0.3, 0.4) is 0 Å². The smallest absolute Gasteiger partial charge is 0.305 e. The maximum Gasteiger partial charge on any atom is 0.305 e. The molecule has 0 spiro atoms. The Bertz CT molecular complexity index is 294. The molecule has 0 aliphatic carbocycles. The molecule has 1 aliphatic rings. The number of carbonyl (C=O) groups excluding carboxylic acids is 1. The van der Waals surface area contributed by atoms with E-state index in [0.29, 0.717) is 18.9 Å². The van der Waals surface area contributed by atoms with Gasteiger partial charge in [0, 0.05) is 6.42 Å². The molecule has 18 heavy (non-hydrogen) atoms. The molecule has 0 amide bonds. The summed E-state index contributed by atoms with van der Waals surface area (Å²) in [4.78, 5) is 11.4. The summed E-state index contributed by atoms with van der Waals surface area (Å²) in [5.74, 6) is 0.387. The molecular weight excluding hydrogens is 244 g/mol. The van der Waals surface area contributed by atoms with Gasteiger partial charge in [0.05, 0.1) is 6.10 Å². The van der Waals surface area contributed by atoms with Crippen LogP contribution in [-0.4, -0.2) is 27.0 Å². The number of rotatable bonds is 2. The first-order valence-electron chi connectivity index (χ1n) is 6.97. The van der Waals surface area contributed by atoms with Gasteiger partial charge < -0.3 is 9.16 Å². The fraction of sp³-hybridized carbons (Fsp3) is 0.929. The van der Waals surface area contributed by atoms with Crippen LogP contribution >= 0.6 is 0 Å². The molecule has 3 nitrogen and oxygen atoms in total. The molecule has 0 aromatic rings. The Morgan fingerprint density at radius 3 is 2.50 bits per heavy atom. The Hall–Kier alpha value is -0.353. The molecule has 106 valence electrons. The highest BCUT2D eigenvalue weighted by molar-refractivity contribution is 6.74. The molecule has 1 rings (SSSR count). The van der Waals surface area contributed by atoms with Crippen LogP contribution in [0, 0.1) is 5.92 Å². The number of esters is 1. The van der Waals surface area contributed by atoms with Gasteiger partial charge in [-0.1, -0.05) is 27.7 Å². The van der Waals surface area contributed by atoms with Crippen molar-refractivity contribution in [2.75, 3.05) is 6.61 Å². The van der Waals surface area contributed by atoms with Gasteiger partial charge in [0.2, 0.25) is 0 Å². The normalized spacial score (nSPS) is 27.3. The summed E-state index contributed by atoms with van der Waals surface area (Å²) in [6.07, 6.45) is 2.58. The second-order valence-electron chi connectivity index (χ2n) is 6.97. The van der Waals surface area contributed by atoms with E-state index in [1.54, 1.807) is 0 Å². The highest BCUT2D eigenvalue weighted by atomic mass is 28.4. The highest BCUT2D eigenvalue weighted by Crippen LogP contribution is 2.38. The standard InChI is InChI=1S/C14H28O3Si/c1-11-8-7-9-13(15)16-10-12(11)17-18(5,6)14(2,3)4/h11-12H,7-10H2,1-6H3/t11-,12-/m1/s1. The van der Waals surface area contributed by atoms with Crippen molar-refractivity contribution >= 4 is 14.3 Å². The Morgan fingerprint density at radius 2 is 1.94 bits per heavy atom. The Labute approximate surface area is 112 Å². The fourth-order valence-corrected chi connectivity index (χ4v) is 3.28. The molecule has 1 fully saturated rings. The maximum atomic E-state index is 11.4. The predicted octanol–water partition coefficient (Wildman–Crippen LogP) is 3.74. The summed E-state index contributed by atoms with van der Waals surface area (Å²) in [6.45, 7) is 13.8. The number of hydrogen-bond donors (Lipinski definition) is 0. The van der Waals surface area contributed by atoms with Gasteiger partial charge in [-0.3, -0.25) is 4.79 Å². The van der Waals surface area contributed by atoms with Gasteiger partial charge in [-0.15, -0.1) is 0 Å². The molecule has 0 radical (unpaired) electrons. The van der Waals surface area contributed by atoms with Crippen LogP contribution < -0.4 is 0 Å². The van der Waals surface area contributed by atoms with E-state index in [4.69, 9.17) is 9.16 Å². The van der Waals surface area contributed by atoms with E-state index in [1.807, 2.05) is 0 Å². The van der Waals surface area contributed by atoms with Crippen LogP contribution in [0.2, 0.25) is 18.1 Å². The maximum absolute atomic E-state index is 11.4. The van der Waals surface area contributed by atoms with E-state index in [9.17, 15) is 4.79 Å². The van der Waals surface area contributed by atoms with Crippen LogP contribution in [0.15, 0.2) is 0 Å². The minimum absolute atomic E-state index is 0.0649. The Morgan fingerprint density at radius 1 is 1.33 bits per heavy atom. The van der Waals surface area contributed by atoms with E-state index >= 15 is 0 Å². The molecule has 0 aromatic heterocycles. The van der Waals surface area contributed by atoms with Crippen molar-refractivity contribution in [3.8, 4) is 0 Å².